The summed E-state index contributed by atoms with van der Waals surface area (Å²) in [7, 11) is 0. The summed E-state index contributed by atoms with van der Waals surface area (Å²) >= 11 is 0. The molecule has 3 aliphatic carbocycles. The van der Waals surface area contributed by atoms with E-state index in [9.17, 15) is 0 Å². The van der Waals surface area contributed by atoms with Crippen molar-refractivity contribution in [3.8, 4) is 0 Å². The van der Waals surface area contributed by atoms with E-state index in [2.05, 4.69) is 41.2 Å². The van der Waals surface area contributed by atoms with E-state index in [1.54, 1.807) is 25.3 Å². The van der Waals surface area contributed by atoms with Gasteiger partial charge in [-0.05, 0) is 85.9 Å². The molecule has 3 aliphatic rings. The Balaban J connectivity index is 0.000000921. The van der Waals surface area contributed by atoms with E-state index in [0.29, 0.717) is 5.41 Å². The van der Waals surface area contributed by atoms with Gasteiger partial charge in [-0.2, -0.15) is 0 Å². The van der Waals surface area contributed by atoms with E-state index in [-0.39, 0.29) is 7.43 Å². The Labute approximate surface area is 179 Å². The van der Waals surface area contributed by atoms with Crippen molar-refractivity contribution in [2.75, 3.05) is 0 Å². The number of hydrogen-bond donors (Lipinski definition) is 0. The average molecular weight is 391 g/mol. The van der Waals surface area contributed by atoms with Crippen molar-refractivity contribution in [3.05, 3.63) is 12.7 Å². The minimum Gasteiger partial charge on any atom is -0.103 e. The predicted molar refractivity (Wildman–Crippen MR) is 129 cm³/mol. The van der Waals surface area contributed by atoms with E-state index >= 15 is 0 Å². The van der Waals surface area contributed by atoms with Crippen molar-refractivity contribution in [3.63, 3.8) is 0 Å². The topological polar surface area (TPSA) is 0 Å². The van der Waals surface area contributed by atoms with Gasteiger partial charge in [0, 0.05) is 0 Å². The highest BCUT2D eigenvalue weighted by Gasteiger charge is 2.55. The Hall–Kier alpha value is -0.260. The lowest BCUT2D eigenvalue weighted by Gasteiger charge is -2.61. The summed E-state index contributed by atoms with van der Waals surface area (Å²) in [5, 5.41) is 0. The molecule has 28 heavy (non-hydrogen) atoms. The maximum absolute atomic E-state index is 3.36. The summed E-state index contributed by atoms with van der Waals surface area (Å²) in [4.78, 5) is 0. The Kier molecular flexibility index (Phi) is 10.9. The lowest BCUT2D eigenvalue weighted by atomic mass is 9.44. The molecule has 0 aromatic rings. The van der Waals surface area contributed by atoms with Crippen LogP contribution in [0.4, 0.5) is 0 Å². The summed E-state index contributed by atoms with van der Waals surface area (Å²) in [6.07, 6.45) is 18.3. The minimum atomic E-state index is 0. The summed E-state index contributed by atoms with van der Waals surface area (Å²) < 4.78 is 0. The van der Waals surface area contributed by atoms with E-state index in [1.165, 1.54) is 51.4 Å². The molecule has 0 aromatic heterocycles. The van der Waals surface area contributed by atoms with Gasteiger partial charge in [-0.25, -0.2) is 0 Å². The number of fused-ring (bicyclic) bond motifs is 3. The Morgan fingerprint density at radius 3 is 2.21 bits per heavy atom. The molecule has 0 nitrogen and oxygen atoms in total. The Morgan fingerprint density at radius 2 is 1.61 bits per heavy atom. The van der Waals surface area contributed by atoms with Crippen molar-refractivity contribution < 1.29 is 0 Å². The van der Waals surface area contributed by atoms with Crippen molar-refractivity contribution in [1.29, 1.82) is 0 Å². The second-order valence-electron chi connectivity index (χ2n) is 10.7. The van der Waals surface area contributed by atoms with E-state index in [4.69, 9.17) is 0 Å². The van der Waals surface area contributed by atoms with Gasteiger partial charge < -0.3 is 0 Å². The Morgan fingerprint density at radius 1 is 0.929 bits per heavy atom. The Bertz CT molecular complexity index is 437. The van der Waals surface area contributed by atoms with E-state index < -0.39 is 0 Å². The number of rotatable bonds is 5. The molecule has 166 valence electrons. The van der Waals surface area contributed by atoms with Crippen LogP contribution in [0.25, 0.3) is 0 Å². The van der Waals surface area contributed by atoms with Gasteiger partial charge in [-0.1, -0.05) is 86.6 Å². The molecule has 3 fully saturated rings. The third kappa shape index (κ3) is 5.26. The number of unbranched alkanes of at least 4 members (excludes halogenated alkanes) is 1. The SMILES string of the molecule is C.C=CC.CCCCC1CCC2C(CCC3(C)C(C)CCC(C)C23)C1CCC. The monoisotopic (exact) mass is 390 g/mol. The van der Waals surface area contributed by atoms with Crippen molar-refractivity contribution >= 4 is 0 Å². The number of hydrogen-bond acceptors (Lipinski definition) is 0. The van der Waals surface area contributed by atoms with Gasteiger partial charge in [-0.15, -0.1) is 6.58 Å². The van der Waals surface area contributed by atoms with Gasteiger partial charge in [-0.3, -0.25) is 0 Å². The van der Waals surface area contributed by atoms with Crippen molar-refractivity contribution in [2.24, 2.45) is 46.8 Å². The van der Waals surface area contributed by atoms with Crippen molar-refractivity contribution in [1.82, 2.24) is 0 Å². The van der Waals surface area contributed by atoms with Crippen LogP contribution < -0.4 is 0 Å². The fraction of sp³-hybridized carbons (Fsp3) is 0.929. The molecule has 3 saturated carbocycles. The minimum absolute atomic E-state index is 0. The van der Waals surface area contributed by atoms with Crippen LogP contribution >= 0.6 is 0 Å². The van der Waals surface area contributed by atoms with Gasteiger partial charge in [0.1, 0.15) is 0 Å². The smallest absolute Gasteiger partial charge is 0.0266 e. The summed E-state index contributed by atoms with van der Waals surface area (Å²) in [5.41, 5.74) is 0.659. The zero-order valence-electron chi connectivity index (χ0n) is 19.6. The number of allylic oxidation sites excluding steroid dienone is 1. The predicted octanol–water partition coefficient (Wildman–Crippen LogP) is 9.55. The molecular weight excluding hydrogens is 336 g/mol. The lowest BCUT2D eigenvalue weighted by Crippen LogP contribution is -2.54. The molecule has 0 radical (unpaired) electrons. The molecule has 0 bridgehead atoms. The van der Waals surface area contributed by atoms with Crippen molar-refractivity contribution in [2.45, 2.75) is 120 Å². The highest BCUT2D eigenvalue weighted by atomic mass is 14.6. The molecule has 8 atom stereocenters. The molecule has 0 amide bonds. The molecule has 0 spiro atoms. The third-order valence-electron chi connectivity index (χ3n) is 9.16. The fourth-order valence-corrected chi connectivity index (χ4v) is 7.79. The van der Waals surface area contributed by atoms with Crippen LogP contribution in [-0.4, -0.2) is 0 Å². The summed E-state index contributed by atoms with van der Waals surface area (Å²) in [5.74, 6) is 7.24. The van der Waals surface area contributed by atoms with Crippen LogP contribution in [0.3, 0.4) is 0 Å². The quantitative estimate of drug-likeness (QED) is 0.410. The van der Waals surface area contributed by atoms with Gasteiger partial charge in [0.25, 0.3) is 0 Å². The zero-order chi connectivity index (χ0) is 20.0. The molecule has 3 rings (SSSR count). The molecule has 0 aliphatic heterocycles. The third-order valence-corrected chi connectivity index (χ3v) is 9.16. The second-order valence-corrected chi connectivity index (χ2v) is 10.7. The van der Waals surface area contributed by atoms with Gasteiger partial charge in [0.05, 0.1) is 0 Å². The molecular formula is C28H54. The fourth-order valence-electron chi connectivity index (χ4n) is 7.79. The van der Waals surface area contributed by atoms with Crippen LogP contribution in [0.2, 0.25) is 0 Å². The molecule has 0 heterocycles. The second kappa shape index (κ2) is 11.8. The largest absolute Gasteiger partial charge is 0.103 e. The maximum atomic E-state index is 3.36. The maximum Gasteiger partial charge on any atom is -0.0266 e. The highest BCUT2D eigenvalue weighted by molar-refractivity contribution is 5.04. The van der Waals surface area contributed by atoms with Gasteiger partial charge in [0.15, 0.2) is 0 Å². The van der Waals surface area contributed by atoms with Crippen LogP contribution in [0, 0.1) is 46.8 Å². The first kappa shape index (κ1) is 25.8. The molecule has 0 aromatic carbocycles. The summed E-state index contributed by atoms with van der Waals surface area (Å²) in [6, 6.07) is 0. The first-order valence-electron chi connectivity index (χ1n) is 12.5. The van der Waals surface area contributed by atoms with Crippen LogP contribution in [-0.2, 0) is 0 Å². The zero-order valence-corrected chi connectivity index (χ0v) is 19.6. The van der Waals surface area contributed by atoms with E-state index in [1.807, 2.05) is 6.92 Å². The van der Waals surface area contributed by atoms with Crippen LogP contribution in [0.1, 0.15) is 120 Å². The first-order valence-corrected chi connectivity index (χ1v) is 12.5. The molecule has 8 unspecified atom stereocenters. The lowest BCUT2D eigenvalue weighted by molar-refractivity contribution is -0.121. The first-order chi connectivity index (χ1) is 12.9. The van der Waals surface area contributed by atoms with Crippen LogP contribution in [0.5, 0.6) is 0 Å². The highest BCUT2D eigenvalue weighted by Crippen LogP contribution is 2.63. The molecule has 0 saturated heterocycles. The van der Waals surface area contributed by atoms with Gasteiger partial charge >= 0.3 is 0 Å². The standard InChI is InChI=1S/C24H44.C3H6.CH4/c1-6-8-10-19-13-14-22-21(20(19)9-7-2)15-16-24(5)18(4)12-11-17(3)23(22)24;1-3-2;/h17-23H,6-16H2,1-5H3;3H,1H2,2H3;1H4. The van der Waals surface area contributed by atoms with Crippen LogP contribution in [0.15, 0.2) is 12.7 Å². The van der Waals surface area contributed by atoms with Gasteiger partial charge in [0.2, 0.25) is 0 Å². The summed E-state index contributed by atoms with van der Waals surface area (Å²) in [6.45, 7) is 17.9. The normalized spacial score (nSPS) is 42.1. The average Bonchev–Trinajstić information content (AvgIpc) is 2.65. The molecule has 0 heteroatoms. The molecule has 0 N–H and O–H groups in total. The van der Waals surface area contributed by atoms with E-state index in [0.717, 1.165) is 41.4 Å².